The topological polar surface area (TPSA) is 9.23 Å². The summed E-state index contributed by atoms with van der Waals surface area (Å²) in [5.41, 5.74) is 0.771. The Morgan fingerprint density at radius 2 is 2.20 bits per heavy atom. The molecule has 1 aliphatic heterocycles. The van der Waals surface area contributed by atoms with Crippen LogP contribution in [0.4, 0.5) is 0 Å². The highest BCUT2D eigenvalue weighted by Crippen LogP contribution is 2.57. The van der Waals surface area contributed by atoms with Gasteiger partial charge in [0, 0.05) is 13.2 Å². The predicted octanol–water partition coefficient (Wildman–Crippen LogP) is 2.21. The minimum atomic E-state index is 0.771. The van der Waals surface area contributed by atoms with Crippen LogP contribution in [0.3, 0.4) is 0 Å². The van der Waals surface area contributed by atoms with E-state index in [9.17, 15) is 0 Å². The van der Waals surface area contributed by atoms with E-state index in [4.69, 9.17) is 4.74 Å². The Kier molecular flexibility index (Phi) is 1.48. The lowest BCUT2D eigenvalue weighted by Gasteiger charge is -2.30. The van der Waals surface area contributed by atoms with Crippen LogP contribution in [0.2, 0.25) is 0 Å². The maximum Gasteiger partial charge on any atom is 0.0499 e. The summed E-state index contributed by atoms with van der Waals surface area (Å²) < 4.78 is 5.45. The van der Waals surface area contributed by atoms with E-state index in [1.165, 1.54) is 25.7 Å². The second-order valence-corrected chi connectivity index (χ2v) is 3.79. The molecule has 0 aromatic rings. The van der Waals surface area contributed by atoms with Crippen molar-refractivity contribution in [1.82, 2.24) is 0 Å². The third-order valence-electron chi connectivity index (χ3n) is 3.31. The number of ether oxygens (including phenoxy) is 1. The van der Waals surface area contributed by atoms with Gasteiger partial charge in [-0.1, -0.05) is 13.3 Å². The van der Waals surface area contributed by atoms with Crippen molar-refractivity contribution in [3.05, 3.63) is 0 Å². The van der Waals surface area contributed by atoms with E-state index >= 15 is 0 Å². The normalized spacial score (nSPS) is 36.3. The maximum absolute atomic E-state index is 5.45. The van der Waals surface area contributed by atoms with Gasteiger partial charge in [0.15, 0.2) is 0 Å². The van der Waals surface area contributed by atoms with Crippen LogP contribution < -0.4 is 0 Å². The van der Waals surface area contributed by atoms with Gasteiger partial charge >= 0.3 is 0 Å². The molecular weight excluding hydrogens is 124 g/mol. The van der Waals surface area contributed by atoms with Gasteiger partial charge in [-0.3, -0.25) is 0 Å². The van der Waals surface area contributed by atoms with Crippen molar-refractivity contribution in [1.29, 1.82) is 0 Å². The van der Waals surface area contributed by atoms with Crippen molar-refractivity contribution in [2.24, 2.45) is 11.3 Å². The zero-order chi connectivity index (χ0) is 7.03. The smallest absolute Gasteiger partial charge is 0.0499 e. The van der Waals surface area contributed by atoms with Gasteiger partial charge in [0.2, 0.25) is 0 Å². The number of hydrogen-bond acceptors (Lipinski definition) is 1. The lowest BCUT2D eigenvalue weighted by atomic mass is 9.83. The quantitative estimate of drug-likeness (QED) is 0.542. The van der Waals surface area contributed by atoms with Crippen molar-refractivity contribution in [2.75, 3.05) is 13.2 Å². The van der Waals surface area contributed by atoms with E-state index in [0.29, 0.717) is 0 Å². The molecule has 1 saturated carbocycles. The van der Waals surface area contributed by atoms with E-state index in [0.717, 1.165) is 24.5 Å². The third-order valence-corrected chi connectivity index (χ3v) is 3.31. The number of rotatable bonds is 1. The zero-order valence-corrected chi connectivity index (χ0v) is 6.73. The molecule has 0 bridgehead atoms. The SMILES string of the molecule is CCC1COCCC12CC2. The van der Waals surface area contributed by atoms with Crippen LogP contribution in [0.25, 0.3) is 0 Å². The molecule has 1 spiro atoms. The Hall–Kier alpha value is -0.0400. The van der Waals surface area contributed by atoms with Crippen LogP contribution in [0, 0.1) is 11.3 Å². The Morgan fingerprint density at radius 1 is 1.40 bits per heavy atom. The molecule has 1 heteroatoms. The van der Waals surface area contributed by atoms with Crippen LogP contribution in [0.15, 0.2) is 0 Å². The lowest BCUT2D eigenvalue weighted by molar-refractivity contribution is 0.00438. The van der Waals surface area contributed by atoms with E-state index in [1.54, 1.807) is 0 Å². The van der Waals surface area contributed by atoms with E-state index in [-0.39, 0.29) is 0 Å². The first-order valence-corrected chi connectivity index (χ1v) is 4.45. The molecule has 0 N–H and O–H groups in total. The van der Waals surface area contributed by atoms with Gasteiger partial charge in [0.1, 0.15) is 0 Å². The zero-order valence-electron chi connectivity index (χ0n) is 6.73. The standard InChI is InChI=1S/C9H16O/c1-2-8-7-10-6-5-9(8)3-4-9/h8H,2-7H2,1H3. The van der Waals surface area contributed by atoms with Crippen LogP contribution in [-0.4, -0.2) is 13.2 Å². The molecule has 0 aromatic heterocycles. The molecule has 10 heavy (non-hydrogen) atoms. The molecule has 1 unspecified atom stereocenters. The molecule has 1 atom stereocenters. The highest BCUT2D eigenvalue weighted by atomic mass is 16.5. The molecule has 1 aliphatic carbocycles. The predicted molar refractivity (Wildman–Crippen MR) is 40.9 cm³/mol. The Labute approximate surface area is 62.8 Å². The van der Waals surface area contributed by atoms with E-state index in [2.05, 4.69) is 6.92 Å². The van der Waals surface area contributed by atoms with Crippen molar-refractivity contribution >= 4 is 0 Å². The average molecular weight is 140 g/mol. The van der Waals surface area contributed by atoms with Gasteiger partial charge in [-0.05, 0) is 30.6 Å². The lowest BCUT2D eigenvalue weighted by Crippen LogP contribution is -2.28. The molecule has 0 amide bonds. The van der Waals surface area contributed by atoms with Crippen LogP contribution in [0.1, 0.15) is 32.6 Å². The molecule has 0 radical (unpaired) electrons. The van der Waals surface area contributed by atoms with E-state index < -0.39 is 0 Å². The summed E-state index contributed by atoms with van der Waals surface area (Å²) in [6.07, 6.45) is 5.62. The fourth-order valence-corrected chi connectivity index (χ4v) is 2.25. The molecular formula is C9H16O. The molecule has 1 heterocycles. The second-order valence-electron chi connectivity index (χ2n) is 3.79. The second kappa shape index (κ2) is 2.23. The summed E-state index contributed by atoms with van der Waals surface area (Å²) in [7, 11) is 0. The molecule has 2 fully saturated rings. The first kappa shape index (κ1) is 6.66. The summed E-state index contributed by atoms with van der Waals surface area (Å²) in [6.45, 7) is 4.35. The first-order chi connectivity index (χ1) is 4.87. The van der Waals surface area contributed by atoms with Crippen molar-refractivity contribution in [3.63, 3.8) is 0 Å². The summed E-state index contributed by atoms with van der Waals surface area (Å²) in [5.74, 6) is 0.890. The Balaban J connectivity index is 2.01. The fourth-order valence-electron chi connectivity index (χ4n) is 2.25. The van der Waals surface area contributed by atoms with Gasteiger partial charge in [-0.2, -0.15) is 0 Å². The molecule has 2 aliphatic rings. The monoisotopic (exact) mass is 140 g/mol. The van der Waals surface area contributed by atoms with Gasteiger partial charge in [0.05, 0.1) is 0 Å². The van der Waals surface area contributed by atoms with Crippen molar-refractivity contribution in [2.45, 2.75) is 32.6 Å². The van der Waals surface area contributed by atoms with Gasteiger partial charge in [0.25, 0.3) is 0 Å². The first-order valence-electron chi connectivity index (χ1n) is 4.45. The summed E-state index contributed by atoms with van der Waals surface area (Å²) >= 11 is 0. The van der Waals surface area contributed by atoms with Gasteiger partial charge < -0.3 is 4.74 Å². The average Bonchev–Trinajstić information content (AvgIpc) is 2.71. The Morgan fingerprint density at radius 3 is 2.70 bits per heavy atom. The van der Waals surface area contributed by atoms with E-state index in [1.807, 2.05) is 0 Å². The fraction of sp³-hybridized carbons (Fsp3) is 1.00. The minimum Gasteiger partial charge on any atom is -0.381 e. The minimum absolute atomic E-state index is 0.771. The Bertz CT molecular complexity index is 127. The van der Waals surface area contributed by atoms with Gasteiger partial charge in [-0.15, -0.1) is 0 Å². The molecule has 2 rings (SSSR count). The highest BCUT2D eigenvalue weighted by Gasteiger charge is 2.49. The summed E-state index contributed by atoms with van der Waals surface area (Å²) in [6, 6.07) is 0. The molecule has 58 valence electrons. The maximum atomic E-state index is 5.45. The van der Waals surface area contributed by atoms with Crippen molar-refractivity contribution < 1.29 is 4.74 Å². The highest BCUT2D eigenvalue weighted by molar-refractivity contribution is 4.99. The van der Waals surface area contributed by atoms with Crippen LogP contribution in [0.5, 0.6) is 0 Å². The van der Waals surface area contributed by atoms with Crippen LogP contribution >= 0.6 is 0 Å². The third kappa shape index (κ3) is 0.878. The van der Waals surface area contributed by atoms with Crippen molar-refractivity contribution in [3.8, 4) is 0 Å². The molecule has 1 saturated heterocycles. The van der Waals surface area contributed by atoms with Gasteiger partial charge in [-0.25, -0.2) is 0 Å². The largest absolute Gasteiger partial charge is 0.381 e. The molecule has 1 nitrogen and oxygen atoms in total. The molecule has 0 aromatic carbocycles. The number of hydrogen-bond donors (Lipinski definition) is 0. The summed E-state index contributed by atoms with van der Waals surface area (Å²) in [5, 5.41) is 0. The summed E-state index contributed by atoms with van der Waals surface area (Å²) in [4.78, 5) is 0. The van der Waals surface area contributed by atoms with Crippen LogP contribution in [-0.2, 0) is 4.74 Å².